The Bertz CT molecular complexity index is 289. The first-order valence-corrected chi connectivity index (χ1v) is 7.03. The topological polar surface area (TPSA) is 66.4 Å². The van der Waals surface area contributed by atoms with Crippen molar-refractivity contribution in [1.29, 1.82) is 0 Å². The molecule has 0 spiro atoms. The van der Waals surface area contributed by atoms with Crippen LogP contribution >= 0.6 is 0 Å². The molecule has 1 heterocycles. The molecule has 2 fully saturated rings. The summed E-state index contributed by atoms with van der Waals surface area (Å²) in [6.07, 6.45) is 3.75. The summed E-state index contributed by atoms with van der Waals surface area (Å²) in [6.45, 7) is 0. The maximum Gasteiger partial charge on any atom is 0.153 e. The summed E-state index contributed by atoms with van der Waals surface area (Å²) in [7, 11) is -2.74. The molecule has 2 N–H and O–H groups in total. The maximum atomic E-state index is 10.9. The van der Waals surface area contributed by atoms with Crippen molar-refractivity contribution in [2.24, 2.45) is 0 Å². The second-order valence-electron chi connectivity index (χ2n) is 4.40. The number of aliphatic hydroxyl groups is 1. The van der Waals surface area contributed by atoms with Gasteiger partial charge >= 0.3 is 0 Å². The van der Waals surface area contributed by atoms with E-state index in [1.165, 1.54) is 0 Å². The van der Waals surface area contributed by atoms with Crippen molar-refractivity contribution in [2.45, 2.75) is 43.9 Å². The Balaban J connectivity index is 1.80. The predicted octanol–water partition coefficient (Wildman–Crippen LogP) is -0.324. The van der Waals surface area contributed by atoms with E-state index in [-0.39, 0.29) is 29.7 Å². The zero-order valence-electron chi connectivity index (χ0n) is 8.15. The van der Waals surface area contributed by atoms with Crippen molar-refractivity contribution >= 4 is 9.84 Å². The van der Waals surface area contributed by atoms with Crippen molar-refractivity contribution in [3.8, 4) is 0 Å². The van der Waals surface area contributed by atoms with Crippen LogP contribution in [0.4, 0.5) is 0 Å². The summed E-state index contributed by atoms with van der Waals surface area (Å²) in [4.78, 5) is 0. The molecule has 0 radical (unpaired) electrons. The second kappa shape index (κ2) is 3.79. The molecule has 82 valence electrons. The van der Waals surface area contributed by atoms with Gasteiger partial charge in [0.2, 0.25) is 0 Å². The van der Waals surface area contributed by atoms with Crippen LogP contribution in [0.15, 0.2) is 0 Å². The molecule has 2 rings (SSSR count). The summed E-state index contributed by atoms with van der Waals surface area (Å²) in [6, 6.07) is 0.196. The van der Waals surface area contributed by atoms with E-state index in [1.807, 2.05) is 0 Å². The highest BCUT2D eigenvalue weighted by atomic mass is 32.2. The summed E-state index contributed by atoms with van der Waals surface area (Å²) < 4.78 is 21.8. The lowest BCUT2D eigenvalue weighted by atomic mass is 9.92. The number of hydrogen-bond acceptors (Lipinski definition) is 4. The Morgan fingerprint density at radius 2 is 1.79 bits per heavy atom. The van der Waals surface area contributed by atoms with Gasteiger partial charge in [-0.05, 0) is 12.8 Å². The summed E-state index contributed by atoms with van der Waals surface area (Å²) >= 11 is 0. The number of nitrogens with one attached hydrogen (secondary N) is 1. The van der Waals surface area contributed by atoms with Gasteiger partial charge in [-0.2, -0.15) is 0 Å². The van der Waals surface area contributed by atoms with Gasteiger partial charge in [-0.1, -0.05) is 12.8 Å². The fourth-order valence-corrected chi connectivity index (χ4v) is 3.59. The Hall–Kier alpha value is -0.130. The Kier molecular flexibility index (Phi) is 2.81. The van der Waals surface area contributed by atoms with Crippen LogP contribution < -0.4 is 5.32 Å². The molecule has 4 nitrogen and oxygen atoms in total. The minimum absolute atomic E-state index is 0.0812. The molecule has 2 atom stereocenters. The first kappa shape index (κ1) is 10.4. The van der Waals surface area contributed by atoms with Crippen LogP contribution in [0, 0.1) is 0 Å². The van der Waals surface area contributed by atoms with E-state index in [1.54, 1.807) is 0 Å². The van der Waals surface area contributed by atoms with Gasteiger partial charge in [-0.15, -0.1) is 0 Å². The zero-order valence-corrected chi connectivity index (χ0v) is 8.96. The van der Waals surface area contributed by atoms with Gasteiger partial charge in [-0.3, -0.25) is 0 Å². The second-order valence-corrected chi connectivity index (χ2v) is 6.55. The summed E-state index contributed by atoms with van der Waals surface area (Å²) in [5, 5.41) is 12.9. The fourth-order valence-electron chi connectivity index (χ4n) is 2.27. The molecule has 0 aromatic carbocycles. The number of aliphatic hydroxyl groups excluding tert-OH is 1. The van der Waals surface area contributed by atoms with E-state index in [9.17, 15) is 13.5 Å². The molecule has 1 saturated heterocycles. The average Bonchev–Trinajstić information content (AvgIpc) is 2.05. The van der Waals surface area contributed by atoms with Gasteiger partial charge in [0.05, 0.1) is 17.6 Å². The smallest absolute Gasteiger partial charge is 0.153 e. The lowest BCUT2D eigenvalue weighted by Gasteiger charge is -2.35. The third kappa shape index (κ3) is 2.27. The van der Waals surface area contributed by atoms with Crippen LogP contribution in [0.5, 0.6) is 0 Å². The van der Waals surface area contributed by atoms with Gasteiger partial charge in [0, 0.05) is 12.1 Å². The summed E-state index contributed by atoms with van der Waals surface area (Å²) in [5.41, 5.74) is 0. The van der Waals surface area contributed by atoms with E-state index in [0.717, 1.165) is 25.7 Å². The highest BCUT2D eigenvalue weighted by molar-refractivity contribution is 7.92. The van der Waals surface area contributed by atoms with Crippen LogP contribution in [-0.2, 0) is 9.84 Å². The van der Waals surface area contributed by atoms with Crippen molar-refractivity contribution in [3.63, 3.8) is 0 Å². The minimum atomic E-state index is -2.74. The lowest BCUT2D eigenvalue weighted by Crippen LogP contribution is -2.57. The molecule has 14 heavy (non-hydrogen) atoms. The van der Waals surface area contributed by atoms with Crippen LogP contribution in [0.2, 0.25) is 0 Å². The molecular formula is C9H17NO3S. The van der Waals surface area contributed by atoms with Gasteiger partial charge < -0.3 is 10.4 Å². The van der Waals surface area contributed by atoms with Crippen LogP contribution in [0.1, 0.15) is 25.7 Å². The van der Waals surface area contributed by atoms with Crippen molar-refractivity contribution < 1.29 is 13.5 Å². The largest absolute Gasteiger partial charge is 0.392 e. The molecule has 0 amide bonds. The molecule has 0 aromatic rings. The van der Waals surface area contributed by atoms with Crippen molar-refractivity contribution in [2.75, 3.05) is 11.5 Å². The molecule has 1 saturated carbocycles. The van der Waals surface area contributed by atoms with Crippen LogP contribution in [-0.4, -0.2) is 43.2 Å². The third-order valence-electron chi connectivity index (χ3n) is 3.09. The molecule has 0 aromatic heterocycles. The van der Waals surface area contributed by atoms with E-state index < -0.39 is 9.84 Å². The first-order chi connectivity index (χ1) is 6.57. The molecule has 5 heteroatoms. The highest BCUT2D eigenvalue weighted by Crippen LogP contribution is 2.20. The van der Waals surface area contributed by atoms with E-state index in [2.05, 4.69) is 5.32 Å². The molecule has 1 aliphatic heterocycles. The predicted molar refractivity (Wildman–Crippen MR) is 53.8 cm³/mol. The molecule has 2 unspecified atom stereocenters. The standard InChI is InChI=1S/C9H17NO3S/c11-9-4-2-1-3-8(9)10-7-5-14(12,13)6-7/h7-11H,1-6H2. The van der Waals surface area contributed by atoms with Crippen molar-refractivity contribution in [3.05, 3.63) is 0 Å². The first-order valence-electron chi connectivity index (χ1n) is 5.21. The SMILES string of the molecule is O=S1(=O)CC(NC2CCCCC2O)C1. The van der Waals surface area contributed by atoms with E-state index in [4.69, 9.17) is 0 Å². The Morgan fingerprint density at radius 1 is 1.14 bits per heavy atom. The zero-order chi connectivity index (χ0) is 10.2. The van der Waals surface area contributed by atoms with Gasteiger partial charge in [0.15, 0.2) is 9.84 Å². The average molecular weight is 219 g/mol. The Morgan fingerprint density at radius 3 is 2.36 bits per heavy atom. The van der Waals surface area contributed by atoms with E-state index >= 15 is 0 Å². The van der Waals surface area contributed by atoms with Crippen LogP contribution in [0.25, 0.3) is 0 Å². The lowest BCUT2D eigenvalue weighted by molar-refractivity contribution is 0.0865. The highest BCUT2D eigenvalue weighted by Gasteiger charge is 2.36. The van der Waals surface area contributed by atoms with Gasteiger partial charge in [0.1, 0.15) is 0 Å². The van der Waals surface area contributed by atoms with Crippen molar-refractivity contribution in [1.82, 2.24) is 5.32 Å². The monoisotopic (exact) mass is 219 g/mol. The van der Waals surface area contributed by atoms with E-state index in [0.29, 0.717) is 0 Å². The number of rotatable bonds is 2. The third-order valence-corrected chi connectivity index (χ3v) is 4.91. The van der Waals surface area contributed by atoms with Gasteiger partial charge in [-0.25, -0.2) is 8.42 Å². The number of sulfone groups is 1. The Labute approximate surface area is 84.6 Å². The van der Waals surface area contributed by atoms with Crippen LogP contribution in [0.3, 0.4) is 0 Å². The molecular weight excluding hydrogens is 202 g/mol. The molecule has 0 bridgehead atoms. The molecule has 1 aliphatic carbocycles. The summed E-state index contributed by atoms with van der Waals surface area (Å²) in [5.74, 6) is 0.493. The number of hydrogen-bond donors (Lipinski definition) is 2. The maximum absolute atomic E-state index is 10.9. The quantitative estimate of drug-likeness (QED) is 0.668. The normalized spacial score (nSPS) is 37.8. The molecule has 2 aliphatic rings. The van der Waals surface area contributed by atoms with Gasteiger partial charge in [0.25, 0.3) is 0 Å². The fraction of sp³-hybridized carbons (Fsp3) is 1.00. The minimum Gasteiger partial charge on any atom is -0.392 e.